The van der Waals surface area contributed by atoms with Crippen molar-refractivity contribution in [3.8, 4) is 89.5 Å². The van der Waals surface area contributed by atoms with Crippen LogP contribution in [-0.2, 0) is 79.6 Å². The van der Waals surface area contributed by atoms with Crippen LogP contribution in [0.5, 0.6) is 0 Å². The highest BCUT2D eigenvalue weighted by Crippen LogP contribution is 2.48. The fourth-order valence-corrected chi connectivity index (χ4v) is 18.5. The summed E-state index contributed by atoms with van der Waals surface area (Å²) < 4.78 is 9.34. The number of hydrogen-bond donors (Lipinski definition) is 0. The Bertz CT molecular complexity index is 5520. The maximum Gasteiger partial charge on any atom is 0.213 e. The van der Waals surface area contributed by atoms with Crippen LogP contribution < -0.4 is 18.3 Å². The van der Waals surface area contributed by atoms with Crippen LogP contribution in [0.15, 0.2) is 170 Å². The number of pyridine rings is 4. The smallest absolute Gasteiger partial charge is 0.201 e. The molecule has 4 heteroatoms. The van der Waals surface area contributed by atoms with E-state index in [0.717, 1.165) is 51.4 Å². The molecule has 0 fully saturated rings. The zero-order chi connectivity index (χ0) is 77.2. The first-order chi connectivity index (χ1) is 51.4. The van der Waals surface area contributed by atoms with Gasteiger partial charge in [-0.15, -0.1) is 0 Å². The first kappa shape index (κ1) is 76.6. The molecular formula is C104H120N4+4. The third kappa shape index (κ3) is 15.2. The number of nitrogens with zero attached hydrogens (tertiary/aromatic N) is 4. The Morgan fingerprint density at radius 1 is 0.241 bits per heavy atom. The van der Waals surface area contributed by atoms with Crippen molar-refractivity contribution < 1.29 is 18.3 Å². The Labute approximate surface area is 649 Å². The minimum Gasteiger partial charge on any atom is -0.201 e. The topological polar surface area (TPSA) is 15.5 Å². The van der Waals surface area contributed by atoms with Crippen molar-refractivity contribution >= 4 is 0 Å². The van der Waals surface area contributed by atoms with Crippen LogP contribution in [0.4, 0.5) is 0 Å². The number of hydrogen-bond acceptors (Lipinski definition) is 0. The monoisotopic (exact) mass is 1420 g/mol. The van der Waals surface area contributed by atoms with E-state index in [-0.39, 0.29) is 0 Å². The molecule has 12 aromatic rings. The van der Waals surface area contributed by atoms with E-state index in [2.05, 4.69) is 355 Å². The van der Waals surface area contributed by atoms with Gasteiger partial charge in [-0.1, -0.05) is 188 Å². The summed E-state index contributed by atoms with van der Waals surface area (Å²) in [6, 6.07) is 55.3. The second-order valence-electron chi connectivity index (χ2n) is 34.7. The maximum atomic E-state index is 2.40. The molecule has 0 spiro atoms. The van der Waals surface area contributed by atoms with Crippen molar-refractivity contribution in [2.75, 3.05) is 0 Å². The third-order valence-electron chi connectivity index (χ3n) is 23.9. The van der Waals surface area contributed by atoms with E-state index >= 15 is 0 Å². The predicted octanol–water partition coefficient (Wildman–Crippen LogP) is 23.5. The average molecular weight is 1430 g/mol. The van der Waals surface area contributed by atoms with Crippen LogP contribution in [-0.4, -0.2) is 0 Å². The Morgan fingerprint density at radius 2 is 0.556 bits per heavy atom. The average Bonchev–Trinajstić information content (AvgIpc) is 1.59. The molecule has 4 aromatic heterocycles. The number of rotatable bonds is 12. The second kappa shape index (κ2) is 31.1. The van der Waals surface area contributed by atoms with Crippen LogP contribution in [0, 0.1) is 107 Å². The molecule has 0 unspecified atom stereocenters. The fourth-order valence-electron chi connectivity index (χ4n) is 18.5. The quantitative estimate of drug-likeness (QED) is 0.108. The van der Waals surface area contributed by atoms with Crippen LogP contribution >= 0.6 is 0 Å². The Kier molecular flexibility index (Phi) is 22.1. The van der Waals surface area contributed by atoms with Crippen LogP contribution in [0.25, 0.3) is 89.5 Å². The van der Waals surface area contributed by atoms with Crippen LogP contribution in [0.3, 0.4) is 0 Å². The van der Waals surface area contributed by atoms with Crippen LogP contribution in [0.1, 0.15) is 189 Å². The molecule has 16 rings (SSSR count). The molecule has 108 heavy (non-hydrogen) atoms. The second-order valence-corrected chi connectivity index (χ2v) is 34.7. The van der Waals surface area contributed by atoms with Gasteiger partial charge in [0.15, 0.2) is 24.8 Å². The Morgan fingerprint density at radius 3 is 0.991 bits per heavy atom. The third-order valence-corrected chi connectivity index (χ3v) is 23.9. The van der Waals surface area contributed by atoms with Gasteiger partial charge in [0, 0.05) is 46.5 Å². The number of aromatic nitrogens is 4. The first-order valence-electron chi connectivity index (χ1n) is 40.3. The highest BCUT2D eigenvalue weighted by molar-refractivity contribution is 5.90. The molecule has 0 aliphatic heterocycles. The van der Waals surface area contributed by atoms with Crippen molar-refractivity contribution in [1.82, 2.24) is 0 Å². The van der Waals surface area contributed by atoms with Gasteiger partial charge in [-0.3, -0.25) is 0 Å². The minimum absolute atomic E-state index is 0.676. The summed E-state index contributed by atoms with van der Waals surface area (Å²) in [4.78, 5) is 0. The predicted molar refractivity (Wildman–Crippen MR) is 456 cm³/mol. The van der Waals surface area contributed by atoms with E-state index in [9.17, 15) is 0 Å². The molecule has 0 saturated carbocycles. The summed E-state index contributed by atoms with van der Waals surface area (Å²) in [7, 11) is 8.79. The van der Waals surface area contributed by atoms with E-state index in [0.29, 0.717) is 23.7 Å². The fraction of sp³-hybridized carbons (Fsp3) is 0.346. The van der Waals surface area contributed by atoms with Gasteiger partial charge >= 0.3 is 0 Å². The van der Waals surface area contributed by atoms with Gasteiger partial charge in [-0.05, 0) is 303 Å². The molecule has 0 N–H and O–H groups in total. The molecule has 4 nitrogen and oxygen atoms in total. The van der Waals surface area contributed by atoms with Gasteiger partial charge in [-0.2, -0.15) is 0 Å². The molecule has 552 valence electrons. The van der Waals surface area contributed by atoms with E-state index < -0.39 is 0 Å². The van der Waals surface area contributed by atoms with Gasteiger partial charge in [0.05, 0.1) is 22.3 Å². The lowest BCUT2D eigenvalue weighted by Gasteiger charge is -2.14. The van der Waals surface area contributed by atoms with E-state index in [1.807, 2.05) is 0 Å². The molecule has 0 bridgehead atoms. The largest absolute Gasteiger partial charge is 0.213 e. The molecule has 4 aliphatic carbocycles. The van der Waals surface area contributed by atoms with Crippen molar-refractivity contribution in [3.05, 3.63) is 304 Å². The Hall–Kier alpha value is -9.64. The normalized spacial score (nSPS) is 12.4. The summed E-state index contributed by atoms with van der Waals surface area (Å²) in [6.07, 6.45) is 18.1. The van der Waals surface area contributed by atoms with E-state index in [1.165, 1.54) is 223 Å². The summed E-state index contributed by atoms with van der Waals surface area (Å²) in [5.41, 5.74) is 56.6. The lowest BCUT2D eigenvalue weighted by atomic mass is 9.91. The maximum absolute atomic E-state index is 2.40. The van der Waals surface area contributed by atoms with E-state index in [1.54, 1.807) is 0 Å². The zero-order valence-corrected chi connectivity index (χ0v) is 69.9. The number of fused-ring (bicyclic) bond motifs is 12. The van der Waals surface area contributed by atoms with E-state index in [4.69, 9.17) is 0 Å². The molecule has 8 aromatic carbocycles. The number of aryl methyl sites for hydroxylation is 16. The summed E-state index contributed by atoms with van der Waals surface area (Å²) in [5.74, 6) is 2.70. The molecule has 0 saturated heterocycles. The van der Waals surface area contributed by atoms with Crippen molar-refractivity contribution in [2.45, 2.75) is 190 Å². The van der Waals surface area contributed by atoms with Crippen LogP contribution in [0.2, 0.25) is 0 Å². The highest BCUT2D eigenvalue weighted by Gasteiger charge is 2.33. The molecule has 4 heterocycles. The minimum atomic E-state index is 0.676. The van der Waals surface area contributed by atoms with Gasteiger partial charge in [0.25, 0.3) is 0 Å². The lowest BCUT2D eigenvalue weighted by Crippen LogP contribution is -2.32. The highest BCUT2D eigenvalue weighted by atomic mass is 14.9. The zero-order valence-electron chi connectivity index (χ0n) is 69.9. The number of benzene rings is 8. The van der Waals surface area contributed by atoms with Crippen molar-refractivity contribution in [1.29, 1.82) is 0 Å². The Balaban J connectivity index is 0.000000127. The van der Waals surface area contributed by atoms with Gasteiger partial charge in [-0.25, -0.2) is 18.3 Å². The molecule has 0 amide bonds. The lowest BCUT2D eigenvalue weighted by molar-refractivity contribution is -0.661. The summed E-state index contributed by atoms with van der Waals surface area (Å²) in [5, 5.41) is 0. The molecule has 4 aliphatic rings. The molecule has 0 radical (unpaired) electrons. The van der Waals surface area contributed by atoms with Crippen molar-refractivity contribution in [3.63, 3.8) is 0 Å². The SMILES string of the molecule is Cc1cc(-c2c(C)ccc3c2Cc2c(C)cccc2-3)[n+](C)cc1CC(C)C.Cc1cc(-c2c(C)ccc3c2Cc2cccc(C)c2-3)[n+](C)cc1CC(C)C.Cc1ccc2c(c1)-c1ccc(C)c(-c3cc(C)c(CC(C)C)c[n+]3C)c1C2.Cc1ccc2c(c1)Cc1c-2ccc(C)c1-c1cc(C)c(CC(C)C)c[n+]1C. The van der Waals surface area contributed by atoms with Gasteiger partial charge in [0.2, 0.25) is 22.8 Å². The first-order valence-corrected chi connectivity index (χ1v) is 40.3. The molecule has 0 atom stereocenters. The standard InChI is InChI=1S/4C26H30N/c1-16(2)11-21-15-27(6)25(13-19(21)5)26-18(4)8-10-23-22-9-7-17(3)12-20(22)14-24(23)26;1-16(2)11-21-15-27(6)25(13-19(21)5)26-18(4)8-10-22-23-12-17(3)7-9-20(23)14-24(22)26;1-16(2)12-20-15-27(6)25(13-19(20)5)26-18(4)10-11-22-21-9-7-8-17(3)23(21)14-24(22)26;1-16(2)12-21-15-27(6)24(13-19(21)5)26-18(4)10-11-22-23(26)14-20-9-7-8-17(3)25(20)22/h2*7-10,12-13,15-16H,11,14H2,1-6H3;2*7-11,13,15-16H,12,14H2,1-6H3/q4*+1. The summed E-state index contributed by atoms with van der Waals surface area (Å²) in [6.45, 7) is 45.2. The van der Waals surface area contributed by atoms with Gasteiger partial charge in [0.1, 0.15) is 28.2 Å². The van der Waals surface area contributed by atoms with Gasteiger partial charge < -0.3 is 0 Å². The van der Waals surface area contributed by atoms with Crippen molar-refractivity contribution in [2.24, 2.45) is 51.9 Å². The molecular weight excluding hydrogens is 1310 g/mol. The summed E-state index contributed by atoms with van der Waals surface area (Å²) >= 11 is 0.